The van der Waals surface area contributed by atoms with Crippen molar-refractivity contribution in [2.45, 2.75) is 37.6 Å². The maximum absolute atomic E-state index is 12.3. The number of benzene rings is 1. The van der Waals surface area contributed by atoms with Crippen LogP contribution in [0.2, 0.25) is 0 Å². The zero-order valence-corrected chi connectivity index (χ0v) is 15.2. The first-order valence-electron chi connectivity index (χ1n) is 8.01. The third-order valence-corrected chi connectivity index (χ3v) is 4.70. The Kier molecular flexibility index (Phi) is 5.23. The summed E-state index contributed by atoms with van der Waals surface area (Å²) in [5, 5.41) is 6.93. The predicted molar refractivity (Wildman–Crippen MR) is 97.8 cm³/mol. The minimum absolute atomic E-state index is 0.142. The second-order valence-electron chi connectivity index (χ2n) is 5.85. The van der Waals surface area contributed by atoms with Crippen LogP contribution in [0.4, 0.5) is 5.82 Å². The molecule has 7 heteroatoms. The Labute approximate surface area is 150 Å². The van der Waals surface area contributed by atoms with E-state index in [0.29, 0.717) is 11.6 Å². The number of H-pyrrole nitrogens is 1. The number of carbonyl (C=O) groups excluding carboxylic acids is 1. The lowest BCUT2D eigenvalue weighted by molar-refractivity contribution is -0.115. The lowest BCUT2D eigenvalue weighted by Gasteiger charge is -2.08. The summed E-state index contributed by atoms with van der Waals surface area (Å²) in [7, 11) is 0. The number of nitrogens with zero attached hydrogens (tertiary/aromatic N) is 2. The maximum atomic E-state index is 12.3. The van der Waals surface area contributed by atoms with E-state index in [1.165, 1.54) is 17.3 Å². The number of thioether (sulfide) groups is 1. The number of aromatic amines is 1. The Balaban J connectivity index is 1.62. The van der Waals surface area contributed by atoms with Gasteiger partial charge < -0.3 is 14.8 Å². The first kappa shape index (κ1) is 17.3. The highest BCUT2D eigenvalue weighted by Gasteiger charge is 2.18. The number of imidazole rings is 1. The van der Waals surface area contributed by atoms with Gasteiger partial charge in [0.2, 0.25) is 5.91 Å². The molecule has 0 saturated heterocycles. The van der Waals surface area contributed by atoms with Gasteiger partial charge in [-0.1, -0.05) is 47.3 Å². The van der Waals surface area contributed by atoms with E-state index in [1.807, 2.05) is 32.0 Å². The molecule has 1 aromatic carbocycles. The summed E-state index contributed by atoms with van der Waals surface area (Å²) >= 11 is 1.39. The van der Waals surface area contributed by atoms with Crippen LogP contribution in [0.15, 0.2) is 46.1 Å². The quantitative estimate of drug-likeness (QED) is 0.658. The summed E-state index contributed by atoms with van der Waals surface area (Å²) in [6.45, 7) is 5.61. The van der Waals surface area contributed by atoms with E-state index in [2.05, 4.69) is 32.6 Å². The molecule has 130 valence electrons. The van der Waals surface area contributed by atoms with Crippen molar-refractivity contribution in [3.05, 3.63) is 59.1 Å². The highest BCUT2D eigenvalue weighted by molar-refractivity contribution is 8.00. The highest BCUT2D eigenvalue weighted by Crippen LogP contribution is 2.24. The van der Waals surface area contributed by atoms with E-state index in [9.17, 15) is 4.79 Å². The lowest BCUT2D eigenvalue weighted by Crippen LogP contribution is -2.22. The van der Waals surface area contributed by atoms with Crippen LogP contribution < -0.4 is 5.32 Å². The summed E-state index contributed by atoms with van der Waals surface area (Å²) in [5.41, 5.74) is 3.22. The van der Waals surface area contributed by atoms with Crippen LogP contribution in [-0.2, 0) is 11.2 Å². The normalized spacial score (nSPS) is 12.1. The molecule has 3 aromatic rings. The molecule has 0 radical (unpaired) electrons. The van der Waals surface area contributed by atoms with Crippen molar-refractivity contribution in [3.63, 3.8) is 0 Å². The second kappa shape index (κ2) is 7.57. The van der Waals surface area contributed by atoms with Crippen LogP contribution in [0.1, 0.15) is 29.6 Å². The Morgan fingerprint density at radius 2 is 2.08 bits per heavy atom. The maximum Gasteiger partial charge on any atom is 0.238 e. The van der Waals surface area contributed by atoms with Crippen LogP contribution in [0.5, 0.6) is 0 Å². The molecule has 0 aliphatic heterocycles. The number of nitrogens with one attached hydrogen (secondary N) is 2. The monoisotopic (exact) mass is 356 g/mol. The largest absolute Gasteiger partial charge is 0.360 e. The second-order valence-corrected chi connectivity index (χ2v) is 7.18. The van der Waals surface area contributed by atoms with Gasteiger partial charge in [-0.2, -0.15) is 0 Å². The number of aryl methyl sites for hydroxylation is 2. The Bertz CT molecular complexity index is 857. The van der Waals surface area contributed by atoms with Gasteiger partial charge >= 0.3 is 0 Å². The van der Waals surface area contributed by atoms with Gasteiger partial charge in [0.15, 0.2) is 11.0 Å². The number of aromatic nitrogens is 3. The Morgan fingerprint density at radius 1 is 1.32 bits per heavy atom. The number of carbonyl (C=O) groups is 1. The zero-order chi connectivity index (χ0) is 17.8. The molecule has 6 nitrogen and oxygen atoms in total. The number of hydrogen-bond donors (Lipinski definition) is 2. The van der Waals surface area contributed by atoms with Gasteiger partial charge in [0, 0.05) is 18.2 Å². The molecule has 1 unspecified atom stereocenters. The molecular formula is C18H20N4O2S. The summed E-state index contributed by atoms with van der Waals surface area (Å²) in [4.78, 5) is 20.1. The van der Waals surface area contributed by atoms with Crippen LogP contribution in [0, 0.1) is 13.8 Å². The first-order chi connectivity index (χ1) is 12.0. The smallest absolute Gasteiger partial charge is 0.238 e. The third-order valence-electron chi connectivity index (χ3n) is 3.72. The minimum atomic E-state index is -0.313. The molecule has 0 aliphatic rings. The molecule has 3 rings (SSSR count). The molecule has 0 bridgehead atoms. The fourth-order valence-corrected chi connectivity index (χ4v) is 3.23. The number of amides is 1. The number of rotatable bonds is 6. The first-order valence-corrected chi connectivity index (χ1v) is 8.89. The Morgan fingerprint density at radius 3 is 2.76 bits per heavy atom. The van der Waals surface area contributed by atoms with Crippen LogP contribution in [0.3, 0.4) is 0 Å². The fourth-order valence-electron chi connectivity index (χ4n) is 2.36. The number of anilines is 1. The van der Waals surface area contributed by atoms with E-state index in [-0.39, 0.29) is 11.2 Å². The SMILES string of the molecule is Cc1cc(NC(=O)C(C)Sc2nc(Cc3ccccc3)c(C)[nH]2)no1. The van der Waals surface area contributed by atoms with Gasteiger partial charge in [-0.3, -0.25) is 4.79 Å². The molecule has 2 N–H and O–H groups in total. The highest BCUT2D eigenvalue weighted by atomic mass is 32.2. The third kappa shape index (κ3) is 4.51. The number of hydrogen-bond acceptors (Lipinski definition) is 5. The van der Waals surface area contributed by atoms with Crippen molar-refractivity contribution in [2.75, 3.05) is 5.32 Å². The summed E-state index contributed by atoms with van der Waals surface area (Å²) in [6.07, 6.45) is 0.766. The summed E-state index contributed by atoms with van der Waals surface area (Å²) in [6, 6.07) is 11.9. The molecule has 0 saturated carbocycles. The zero-order valence-electron chi connectivity index (χ0n) is 14.4. The van der Waals surface area contributed by atoms with Crippen molar-refractivity contribution in [1.82, 2.24) is 15.1 Å². The van der Waals surface area contributed by atoms with Gasteiger partial charge in [0.1, 0.15) is 5.76 Å². The molecule has 2 aromatic heterocycles. The summed E-state index contributed by atoms with van der Waals surface area (Å²) < 4.78 is 4.95. The fraction of sp³-hybridized carbons (Fsp3) is 0.278. The average molecular weight is 356 g/mol. The lowest BCUT2D eigenvalue weighted by atomic mass is 10.1. The molecule has 25 heavy (non-hydrogen) atoms. The minimum Gasteiger partial charge on any atom is -0.360 e. The van der Waals surface area contributed by atoms with Crippen LogP contribution in [-0.4, -0.2) is 26.3 Å². The van der Waals surface area contributed by atoms with Crippen molar-refractivity contribution in [2.24, 2.45) is 0 Å². The van der Waals surface area contributed by atoms with Gasteiger partial charge in [-0.15, -0.1) is 0 Å². The Hall–Kier alpha value is -2.54. The molecule has 1 amide bonds. The van der Waals surface area contributed by atoms with Gasteiger partial charge in [0.25, 0.3) is 0 Å². The molecular weight excluding hydrogens is 336 g/mol. The molecule has 0 spiro atoms. The predicted octanol–water partition coefficient (Wildman–Crippen LogP) is 3.72. The van der Waals surface area contributed by atoms with Crippen LogP contribution >= 0.6 is 11.8 Å². The van der Waals surface area contributed by atoms with Gasteiger partial charge in [-0.05, 0) is 26.3 Å². The standard InChI is InChI=1S/C18H20N4O2S/c1-11-9-16(22-24-11)21-17(23)13(3)25-18-19-12(2)15(20-18)10-14-7-5-4-6-8-14/h4-9,13H,10H2,1-3H3,(H,19,20)(H,21,22,23). The van der Waals surface area contributed by atoms with E-state index >= 15 is 0 Å². The summed E-state index contributed by atoms with van der Waals surface area (Å²) in [5.74, 6) is 0.940. The molecule has 2 heterocycles. The van der Waals surface area contributed by atoms with Crippen molar-refractivity contribution in [3.8, 4) is 0 Å². The molecule has 1 atom stereocenters. The topological polar surface area (TPSA) is 83.8 Å². The molecule has 0 fully saturated rings. The van der Waals surface area contributed by atoms with E-state index in [0.717, 1.165) is 23.0 Å². The van der Waals surface area contributed by atoms with E-state index < -0.39 is 0 Å². The van der Waals surface area contributed by atoms with Crippen molar-refractivity contribution < 1.29 is 9.32 Å². The molecule has 0 aliphatic carbocycles. The van der Waals surface area contributed by atoms with Gasteiger partial charge in [0.05, 0.1) is 10.9 Å². The average Bonchev–Trinajstić information content (AvgIpc) is 3.14. The van der Waals surface area contributed by atoms with Crippen molar-refractivity contribution in [1.29, 1.82) is 0 Å². The van der Waals surface area contributed by atoms with E-state index in [4.69, 9.17) is 4.52 Å². The van der Waals surface area contributed by atoms with Crippen LogP contribution in [0.25, 0.3) is 0 Å². The van der Waals surface area contributed by atoms with Crippen molar-refractivity contribution >= 4 is 23.5 Å². The van der Waals surface area contributed by atoms with E-state index in [1.54, 1.807) is 13.0 Å². The van der Waals surface area contributed by atoms with Gasteiger partial charge in [-0.25, -0.2) is 4.98 Å².